The number of aliphatic hydroxyl groups excluding tert-OH is 2. The van der Waals surface area contributed by atoms with Crippen molar-refractivity contribution < 1.29 is 30.0 Å². The average molecular weight is 387 g/mol. The maximum Gasteiger partial charge on any atom is 0.246 e. The summed E-state index contributed by atoms with van der Waals surface area (Å²) < 4.78 is 0. The monoisotopic (exact) mass is 387 g/mol. The van der Waals surface area contributed by atoms with Crippen molar-refractivity contribution in [3.05, 3.63) is 65.7 Å². The van der Waals surface area contributed by atoms with Gasteiger partial charge in [-0.1, -0.05) is 42.5 Å². The molecule has 0 aliphatic rings. The fraction of sp³-hybridized carbons (Fsp3) is 0.300. The van der Waals surface area contributed by atoms with E-state index >= 15 is 0 Å². The van der Waals surface area contributed by atoms with Gasteiger partial charge in [-0.25, -0.2) is 0 Å². The van der Waals surface area contributed by atoms with Gasteiger partial charge in [-0.2, -0.15) is 0 Å². The van der Waals surface area contributed by atoms with E-state index < -0.39 is 36.3 Å². The standard InChI is InChI=1S/C20H24N2O6/c1-20(22-19(27)28,11-13-7-9-15(24)10-8-13)18(26)21-16(12-23)17(25)14-5-3-2-4-6-14/h2-10,16-17,22-25H,11-12H2,1H3,(H,21,26)(H,27,28)/p-1. The van der Waals surface area contributed by atoms with Crippen molar-refractivity contribution in [2.24, 2.45) is 0 Å². The van der Waals surface area contributed by atoms with Crippen LogP contribution in [0.5, 0.6) is 5.75 Å². The highest BCUT2D eigenvalue weighted by atomic mass is 16.4. The molecule has 3 atom stereocenters. The van der Waals surface area contributed by atoms with E-state index in [1.165, 1.54) is 19.1 Å². The van der Waals surface area contributed by atoms with Crippen molar-refractivity contribution in [2.45, 2.75) is 31.0 Å². The molecule has 0 radical (unpaired) electrons. The van der Waals surface area contributed by atoms with Gasteiger partial charge in [-0.3, -0.25) is 4.79 Å². The first-order chi connectivity index (χ1) is 13.2. The van der Waals surface area contributed by atoms with Gasteiger partial charge in [0.05, 0.1) is 12.6 Å². The minimum absolute atomic E-state index is 0.0350. The molecule has 0 saturated heterocycles. The number of phenolic OH excluding ortho intramolecular Hbond substituents is 1. The molecule has 0 aliphatic heterocycles. The van der Waals surface area contributed by atoms with Gasteiger partial charge in [-0.05, 0) is 30.2 Å². The minimum Gasteiger partial charge on any atom is -0.530 e. The molecule has 0 heterocycles. The van der Waals surface area contributed by atoms with Gasteiger partial charge in [0, 0.05) is 6.42 Å². The number of rotatable bonds is 8. The molecule has 8 nitrogen and oxygen atoms in total. The van der Waals surface area contributed by atoms with E-state index in [4.69, 9.17) is 0 Å². The quantitative estimate of drug-likeness (QED) is 0.426. The Morgan fingerprint density at radius 3 is 2.25 bits per heavy atom. The normalized spacial score (nSPS) is 15.1. The molecule has 150 valence electrons. The first-order valence-corrected chi connectivity index (χ1v) is 8.67. The van der Waals surface area contributed by atoms with E-state index in [-0.39, 0.29) is 12.2 Å². The van der Waals surface area contributed by atoms with Crippen LogP contribution in [-0.4, -0.2) is 45.5 Å². The first kappa shape index (κ1) is 21.2. The number of carboxylic acid groups (broad SMARTS) is 1. The predicted molar refractivity (Wildman–Crippen MR) is 99.2 cm³/mol. The molecule has 8 heteroatoms. The molecular formula is C20H23N2O6-. The smallest absolute Gasteiger partial charge is 0.246 e. The van der Waals surface area contributed by atoms with Crippen LogP contribution in [0.4, 0.5) is 4.79 Å². The molecule has 0 aliphatic carbocycles. The zero-order valence-corrected chi connectivity index (χ0v) is 15.3. The number of nitrogens with one attached hydrogen (secondary N) is 2. The lowest BCUT2D eigenvalue weighted by Crippen LogP contribution is -2.62. The number of phenols is 1. The van der Waals surface area contributed by atoms with Gasteiger partial charge in [-0.15, -0.1) is 0 Å². The predicted octanol–water partition coefficient (Wildman–Crippen LogP) is -0.163. The van der Waals surface area contributed by atoms with Gasteiger partial charge in [0.15, 0.2) is 0 Å². The average Bonchev–Trinajstić information content (AvgIpc) is 2.67. The first-order valence-electron chi connectivity index (χ1n) is 8.67. The molecule has 0 aromatic heterocycles. The number of benzene rings is 2. The van der Waals surface area contributed by atoms with Crippen molar-refractivity contribution >= 4 is 12.0 Å². The second-order valence-corrected chi connectivity index (χ2v) is 6.71. The number of carbonyl (C=O) groups excluding carboxylic acids is 2. The van der Waals surface area contributed by atoms with Crippen molar-refractivity contribution in [2.75, 3.05) is 6.61 Å². The van der Waals surface area contributed by atoms with Crippen LogP contribution in [0.1, 0.15) is 24.2 Å². The van der Waals surface area contributed by atoms with Crippen LogP contribution >= 0.6 is 0 Å². The van der Waals surface area contributed by atoms with Crippen LogP contribution in [0.15, 0.2) is 54.6 Å². The molecular weight excluding hydrogens is 364 g/mol. The van der Waals surface area contributed by atoms with Crippen LogP contribution < -0.4 is 15.7 Å². The van der Waals surface area contributed by atoms with E-state index in [2.05, 4.69) is 10.6 Å². The summed E-state index contributed by atoms with van der Waals surface area (Å²) in [6, 6.07) is 13.4. The van der Waals surface area contributed by atoms with Crippen LogP contribution in [-0.2, 0) is 11.2 Å². The highest BCUT2D eigenvalue weighted by molar-refractivity contribution is 5.89. The number of aliphatic hydroxyl groups is 2. The molecule has 0 saturated carbocycles. The lowest BCUT2D eigenvalue weighted by atomic mass is 9.91. The molecule has 3 unspecified atom stereocenters. The van der Waals surface area contributed by atoms with E-state index in [0.717, 1.165) is 0 Å². The van der Waals surface area contributed by atoms with E-state index in [1.807, 2.05) is 0 Å². The van der Waals surface area contributed by atoms with Crippen LogP contribution in [0.2, 0.25) is 0 Å². The lowest BCUT2D eigenvalue weighted by molar-refractivity contribution is -0.252. The third kappa shape index (κ3) is 5.45. The number of hydrogen-bond donors (Lipinski definition) is 5. The Morgan fingerprint density at radius 2 is 1.71 bits per heavy atom. The van der Waals surface area contributed by atoms with Gasteiger partial charge >= 0.3 is 0 Å². The van der Waals surface area contributed by atoms with E-state index in [9.17, 15) is 30.0 Å². The minimum atomic E-state index is -1.64. The Morgan fingerprint density at radius 1 is 1.11 bits per heavy atom. The summed E-state index contributed by atoms with van der Waals surface area (Å²) in [5.41, 5.74) is -0.539. The largest absolute Gasteiger partial charge is 0.530 e. The Kier molecular flexibility index (Phi) is 6.97. The van der Waals surface area contributed by atoms with Gasteiger partial charge in [0.2, 0.25) is 5.91 Å². The lowest BCUT2D eigenvalue weighted by Gasteiger charge is -2.33. The van der Waals surface area contributed by atoms with Crippen LogP contribution in [0.25, 0.3) is 0 Å². The van der Waals surface area contributed by atoms with Crippen molar-refractivity contribution in [3.8, 4) is 5.75 Å². The SMILES string of the molecule is CC(Cc1ccc(O)cc1)(NC(=O)[O-])C(=O)NC(CO)C(O)c1ccccc1. The second-order valence-electron chi connectivity index (χ2n) is 6.71. The van der Waals surface area contributed by atoms with Crippen molar-refractivity contribution in [1.82, 2.24) is 10.6 Å². The Bertz CT molecular complexity index is 796. The zero-order chi connectivity index (χ0) is 20.7. The Labute approximate surface area is 162 Å². The topological polar surface area (TPSA) is 142 Å². The molecule has 2 rings (SSSR count). The van der Waals surface area contributed by atoms with Crippen molar-refractivity contribution in [3.63, 3.8) is 0 Å². The van der Waals surface area contributed by atoms with E-state index in [0.29, 0.717) is 11.1 Å². The molecule has 0 fully saturated rings. The molecule has 28 heavy (non-hydrogen) atoms. The summed E-state index contributed by atoms with van der Waals surface area (Å²) in [6.07, 6.45) is -2.86. The van der Waals surface area contributed by atoms with E-state index in [1.54, 1.807) is 42.5 Å². The van der Waals surface area contributed by atoms with Gasteiger partial charge in [0.1, 0.15) is 23.5 Å². The number of aromatic hydroxyl groups is 1. The Hall–Kier alpha value is -3.10. The summed E-state index contributed by atoms with van der Waals surface area (Å²) in [4.78, 5) is 24.0. The molecule has 5 N–H and O–H groups in total. The molecule has 2 aromatic rings. The third-order valence-electron chi connectivity index (χ3n) is 4.41. The number of carbonyl (C=O) groups is 2. The summed E-state index contributed by atoms with van der Waals surface area (Å²) in [5.74, 6) is -0.701. The second kappa shape index (κ2) is 9.20. The fourth-order valence-corrected chi connectivity index (χ4v) is 2.86. The maximum atomic E-state index is 12.8. The summed E-state index contributed by atoms with van der Waals surface area (Å²) in [5, 5.41) is 45.2. The molecule has 2 amide bonds. The molecule has 0 spiro atoms. The third-order valence-corrected chi connectivity index (χ3v) is 4.41. The van der Waals surface area contributed by atoms with Crippen LogP contribution in [0, 0.1) is 0 Å². The Balaban J connectivity index is 2.20. The van der Waals surface area contributed by atoms with Crippen LogP contribution in [0.3, 0.4) is 0 Å². The fourth-order valence-electron chi connectivity index (χ4n) is 2.86. The summed E-state index contributed by atoms with van der Waals surface area (Å²) in [6.45, 7) is 0.816. The molecule has 2 aromatic carbocycles. The summed E-state index contributed by atoms with van der Waals surface area (Å²) >= 11 is 0. The number of amides is 2. The summed E-state index contributed by atoms with van der Waals surface area (Å²) in [7, 11) is 0. The number of hydrogen-bond acceptors (Lipinski definition) is 6. The highest BCUT2D eigenvalue weighted by Gasteiger charge is 2.36. The zero-order valence-electron chi connectivity index (χ0n) is 15.3. The molecule has 0 bridgehead atoms. The highest BCUT2D eigenvalue weighted by Crippen LogP contribution is 2.20. The van der Waals surface area contributed by atoms with Gasteiger partial charge < -0.3 is 35.9 Å². The van der Waals surface area contributed by atoms with Crippen molar-refractivity contribution in [1.29, 1.82) is 0 Å². The maximum absolute atomic E-state index is 12.8. The van der Waals surface area contributed by atoms with Gasteiger partial charge in [0.25, 0.3) is 0 Å².